The highest BCUT2D eigenvalue weighted by molar-refractivity contribution is 7.99. The summed E-state index contributed by atoms with van der Waals surface area (Å²) >= 11 is 1.88. The molecule has 0 fully saturated rings. The van der Waals surface area contributed by atoms with Gasteiger partial charge in [-0.05, 0) is 24.3 Å². The average molecular weight is 259 g/mol. The first kappa shape index (κ1) is 13.0. The van der Waals surface area contributed by atoms with Gasteiger partial charge in [-0.15, -0.1) is 0 Å². The summed E-state index contributed by atoms with van der Waals surface area (Å²) in [6, 6.07) is 12.2. The fourth-order valence-corrected chi connectivity index (χ4v) is 3.22. The highest BCUT2D eigenvalue weighted by atomic mass is 32.2. The first-order chi connectivity index (χ1) is 8.83. The number of benzene rings is 1. The highest BCUT2D eigenvalue weighted by Gasteiger charge is 2.27. The SMILES string of the molecule is CCSC1CC(C#N)=CCC1Oc1ccccc1. The Bertz CT molecular complexity index is 449. The molecule has 0 aliphatic heterocycles. The van der Waals surface area contributed by atoms with E-state index in [4.69, 9.17) is 10.00 Å². The summed E-state index contributed by atoms with van der Waals surface area (Å²) in [5.74, 6) is 1.97. The van der Waals surface area contributed by atoms with E-state index < -0.39 is 0 Å². The molecule has 1 aliphatic carbocycles. The fourth-order valence-electron chi connectivity index (χ4n) is 2.11. The number of allylic oxidation sites excluding steroid dienone is 1. The lowest BCUT2D eigenvalue weighted by Gasteiger charge is -2.29. The van der Waals surface area contributed by atoms with Crippen LogP contribution < -0.4 is 4.74 Å². The molecular weight excluding hydrogens is 242 g/mol. The van der Waals surface area contributed by atoms with E-state index in [9.17, 15) is 0 Å². The summed E-state index contributed by atoms with van der Waals surface area (Å²) in [4.78, 5) is 0. The van der Waals surface area contributed by atoms with E-state index in [1.807, 2.05) is 48.2 Å². The number of hydrogen-bond acceptors (Lipinski definition) is 3. The van der Waals surface area contributed by atoms with Crippen LogP contribution in [0.3, 0.4) is 0 Å². The van der Waals surface area contributed by atoms with Crippen LogP contribution >= 0.6 is 11.8 Å². The zero-order valence-corrected chi connectivity index (χ0v) is 11.3. The number of para-hydroxylation sites is 1. The van der Waals surface area contributed by atoms with Crippen LogP contribution in [-0.4, -0.2) is 17.1 Å². The van der Waals surface area contributed by atoms with Crippen LogP contribution in [0.1, 0.15) is 19.8 Å². The van der Waals surface area contributed by atoms with Crippen molar-refractivity contribution in [2.24, 2.45) is 0 Å². The van der Waals surface area contributed by atoms with Gasteiger partial charge < -0.3 is 4.74 Å². The quantitative estimate of drug-likeness (QED) is 0.824. The Labute approximate surface area is 113 Å². The monoisotopic (exact) mass is 259 g/mol. The lowest BCUT2D eigenvalue weighted by Crippen LogP contribution is -2.32. The van der Waals surface area contributed by atoms with E-state index in [-0.39, 0.29) is 6.10 Å². The van der Waals surface area contributed by atoms with Gasteiger partial charge in [0.15, 0.2) is 0 Å². The number of hydrogen-bond donors (Lipinski definition) is 0. The minimum Gasteiger partial charge on any atom is -0.489 e. The lowest BCUT2D eigenvalue weighted by atomic mass is 9.97. The Morgan fingerprint density at radius 1 is 1.39 bits per heavy atom. The summed E-state index contributed by atoms with van der Waals surface area (Å²) in [7, 11) is 0. The van der Waals surface area contributed by atoms with Crippen molar-refractivity contribution in [1.29, 1.82) is 5.26 Å². The van der Waals surface area contributed by atoms with Crippen LogP contribution in [0.5, 0.6) is 5.75 Å². The Kier molecular flexibility index (Phi) is 4.72. The first-order valence-electron chi connectivity index (χ1n) is 6.26. The summed E-state index contributed by atoms with van der Waals surface area (Å²) in [6.07, 6.45) is 3.84. The van der Waals surface area contributed by atoms with Crippen molar-refractivity contribution >= 4 is 11.8 Å². The van der Waals surface area contributed by atoms with Crippen LogP contribution in [0.25, 0.3) is 0 Å². The molecule has 1 aliphatic rings. The summed E-state index contributed by atoms with van der Waals surface area (Å²) in [5.41, 5.74) is 0.897. The zero-order valence-electron chi connectivity index (χ0n) is 10.5. The topological polar surface area (TPSA) is 33.0 Å². The molecule has 0 bridgehead atoms. The molecule has 1 aromatic rings. The van der Waals surface area contributed by atoms with Crippen molar-refractivity contribution in [2.45, 2.75) is 31.1 Å². The largest absolute Gasteiger partial charge is 0.489 e. The summed E-state index contributed by atoms with van der Waals surface area (Å²) in [5, 5.41) is 9.37. The second-order valence-corrected chi connectivity index (χ2v) is 5.76. The molecule has 0 heterocycles. The third-order valence-corrected chi connectivity index (χ3v) is 4.22. The van der Waals surface area contributed by atoms with Gasteiger partial charge in [0, 0.05) is 17.2 Å². The molecule has 2 unspecified atom stereocenters. The van der Waals surface area contributed by atoms with E-state index in [1.54, 1.807) is 0 Å². The van der Waals surface area contributed by atoms with Crippen LogP contribution in [-0.2, 0) is 0 Å². The molecule has 0 radical (unpaired) electrons. The molecule has 0 saturated heterocycles. The smallest absolute Gasteiger partial charge is 0.119 e. The van der Waals surface area contributed by atoms with Crippen LogP contribution in [0.15, 0.2) is 42.0 Å². The Balaban J connectivity index is 2.06. The van der Waals surface area contributed by atoms with Gasteiger partial charge in [0.25, 0.3) is 0 Å². The van der Waals surface area contributed by atoms with Crippen molar-refractivity contribution in [3.63, 3.8) is 0 Å². The molecular formula is C15H17NOS. The van der Waals surface area contributed by atoms with Crippen molar-refractivity contribution in [3.8, 4) is 11.8 Å². The Morgan fingerprint density at radius 3 is 2.83 bits per heavy atom. The molecule has 3 heteroatoms. The number of rotatable bonds is 4. The molecule has 0 N–H and O–H groups in total. The van der Waals surface area contributed by atoms with Crippen LogP contribution in [0.2, 0.25) is 0 Å². The van der Waals surface area contributed by atoms with Crippen LogP contribution in [0.4, 0.5) is 0 Å². The maximum Gasteiger partial charge on any atom is 0.119 e. The Morgan fingerprint density at radius 2 is 2.17 bits per heavy atom. The predicted octanol–water partition coefficient (Wildman–Crippen LogP) is 3.80. The maximum atomic E-state index is 8.98. The third kappa shape index (κ3) is 3.30. The lowest BCUT2D eigenvalue weighted by molar-refractivity contribution is 0.196. The zero-order chi connectivity index (χ0) is 12.8. The molecule has 2 atom stereocenters. The predicted molar refractivity (Wildman–Crippen MR) is 75.7 cm³/mol. The average Bonchev–Trinajstić information content (AvgIpc) is 2.42. The van der Waals surface area contributed by atoms with Crippen molar-refractivity contribution in [3.05, 3.63) is 42.0 Å². The normalized spacial score (nSPS) is 23.0. The standard InChI is InChI=1S/C15H17NOS/c1-2-18-15-10-12(11-16)8-9-14(15)17-13-6-4-3-5-7-13/h3-8,14-15H,2,9-10H2,1H3. The molecule has 0 spiro atoms. The number of ether oxygens (including phenoxy) is 1. The van der Waals surface area contributed by atoms with Gasteiger partial charge in [0.05, 0.1) is 6.07 Å². The molecule has 0 aromatic heterocycles. The third-order valence-electron chi connectivity index (χ3n) is 2.99. The van der Waals surface area contributed by atoms with E-state index in [2.05, 4.69) is 13.0 Å². The molecule has 18 heavy (non-hydrogen) atoms. The van der Waals surface area contributed by atoms with Crippen molar-refractivity contribution in [1.82, 2.24) is 0 Å². The van der Waals surface area contributed by atoms with Gasteiger partial charge >= 0.3 is 0 Å². The number of nitrogens with zero attached hydrogens (tertiary/aromatic N) is 1. The van der Waals surface area contributed by atoms with E-state index in [1.165, 1.54) is 0 Å². The second-order valence-electron chi connectivity index (χ2n) is 4.24. The first-order valence-corrected chi connectivity index (χ1v) is 7.30. The van der Waals surface area contributed by atoms with Gasteiger partial charge in [0.1, 0.15) is 11.9 Å². The van der Waals surface area contributed by atoms with E-state index >= 15 is 0 Å². The Hall–Kier alpha value is -1.40. The minimum absolute atomic E-state index is 0.175. The van der Waals surface area contributed by atoms with Crippen molar-refractivity contribution < 1.29 is 4.74 Å². The summed E-state index contributed by atoms with van der Waals surface area (Å²) in [6.45, 7) is 2.15. The summed E-state index contributed by atoms with van der Waals surface area (Å²) < 4.78 is 6.04. The molecule has 1 aromatic carbocycles. The maximum absolute atomic E-state index is 8.98. The van der Waals surface area contributed by atoms with Gasteiger partial charge in [-0.1, -0.05) is 31.2 Å². The van der Waals surface area contributed by atoms with E-state index in [0.29, 0.717) is 5.25 Å². The highest BCUT2D eigenvalue weighted by Crippen LogP contribution is 2.31. The minimum atomic E-state index is 0.175. The number of nitriles is 1. The number of thioether (sulfide) groups is 1. The molecule has 2 rings (SSSR count). The van der Waals surface area contributed by atoms with Gasteiger partial charge in [-0.25, -0.2) is 0 Å². The molecule has 94 valence electrons. The molecule has 2 nitrogen and oxygen atoms in total. The van der Waals surface area contributed by atoms with Crippen molar-refractivity contribution in [2.75, 3.05) is 5.75 Å². The van der Waals surface area contributed by atoms with Gasteiger partial charge in [-0.3, -0.25) is 0 Å². The van der Waals surface area contributed by atoms with Crippen LogP contribution in [0, 0.1) is 11.3 Å². The van der Waals surface area contributed by atoms with Gasteiger partial charge in [0.2, 0.25) is 0 Å². The molecule has 0 saturated carbocycles. The second kappa shape index (κ2) is 6.51. The van der Waals surface area contributed by atoms with Gasteiger partial charge in [-0.2, -0.15) is 17.0 Å². The molecule has 0 amide bonds. The fraction of sp³-hybridized carbons (Fsp3) is 0.400. The van der Waals surface area contributed by atoms with E-state index in [0.717, 1.165) is 29.9 Å².